The molecule has 0 unspecified atom stereocenters. The molecule has 0 amide bonds. The molecule has 0 bridgehead atoms. The van der Waals surface area contributed by atoms with Gasteiger partial charge in [-0.05, 0) is 12.8 Å². The Morgan fingerprint density at radius 3 is 2.30 bits per heavy atom. The van der Waals surface area contributed by atoms with Gasteiger partial charge in [-0.15, -0.1) is 0 Å². The van der Waals surface area contributed by atoms with Gasteiger partial charge in [0.2, 0.25) is 0 Å². The van der Waals surface area contributed by atoms with Gasteiger partial charge in [0.05, 0.1) is 0 Å². The van der Waals surface area contributed by atoms with Gasteiger partial charge in [0.1, 0.15) is 0 Å². The summed E-state index contributed by atoms with van der Waals surface area (Å²) >= 11 is 0. The van der Waals surface area contributed by atoms with Crippen molar-refractivity contribution in [1.29, 1.82) is 0 Å². The topological polar surface area (TPSA) is 57.5 Å². The number of aliphatic hydroxyl groups excluding tert-OH is 1. The van der Waals surface area contributed by atoms with Crippen molar-refractivity contribution < 1.29 is 17.9 Å². The van der Waals surface area contributed by atoms with Crippen molar-refractivity contribution in [2.24, 2.45) is 0 Å². The molecule has 0 aromatic heterocycles. The summed E-state index contributed by atoms with van der Waals surface area (Å²) in [4.78, 5) is 9.90. The molecule has 0 fully saturated rings. The van der Waals surface area contributed by atoms with Crippen molar-refractivity contribution in [3.05, 3.63) is 0 Å². The second-order valence-corrected chi connectivity index (χ2v) is 1.93. The number of hydrogen-bond donors (Lipinski definition) is 2. The molecule has 3 nitrogen and oxygen atoms in total. The van der Waals surface area contributed by atoms with Crippen molar-refractivity contribution in [2.45, 2.75) is 25.7 Å². The van der Waals surface area contributed by atoms with Crippen molar-refractivity contribution in [3.8, 4) is 0 Å². The molecule has 0 aliphatic rings. The number of aliphatic carboxylic acids is 1. The van der Waals surface area contributed by atoms with Crippen LogP contribution in [0.3, 0.4) is 0 Å². The van der Waals surface area contributed by atoms with Crippen LogP contribution in [0, 0.1) is 0 Å². The van der Waals surface area contributed by atoms with Crippen LogP contribution in [0.4, 0.5) is 0 Å². The second-order valence-electron chi connectivity index (χ2n) is 1.93. The van der Waals surface area contributed by atoms with Crippen molar-refractivity contribution in [2.75, 3.05) is 6.61 Å². The summed E-state index contributed by atoms with van der Waals surface area (Å²) < 4.78 is 0. The first-order chi connectivity index (χ1) is 4.27. The van der Waals surface area contributed by atoms with E-state index in [0.29, 0.717) is 12.8 Å². The molecule has 0 atom stereocenters. The van der Waals surface area contributed by atoms with Crippen LogP contribution in [0.5, 0.6) is 0 Å². The van der Waals surface area contributed by atoms with E-state index in [1.165, 1.54) is 0 Å². The summed E-state index contributed by atoms with van der Waals surface area (Å²) in [6.07, 6.45) is 2.42. The number of hydrogen-bond acceptors (Lipinski definition) is 2. The molecule has 0 saturated carbocycles. The van der Waals surface area contributed by atoms with Gasteiger partial charge in [-0.3, -0.25) is 4.79 Å². The smallest absolute Gasteiger partial charge is 1.00 e. The molecule has 2 N–H and O–H groups in total. The fraction of sp³-hybridized carbons (Fsp3) is 0.833. The van der Waals surface area contributed by atoms with Crippen LogP contribution in [-0.2, 0) is 4.79 Å². The van der Waals surface area contributed by atoms with Gasteiger partial charge in [0, 0.05) is 13.0 Å². The SMILES string of the molecule is O=C(O)CCCCCO.[H-].[H-].[Sr+2]. The Labute approximate surface area is 101 Å². The molecule has 0 radical (unpaired) electrons. The second kappa shape index (κ2) is 9.91. The predicted molar refractivity (Wildman–Crippen MR) is 41.2 cm³/mol. The Hall–Kier alpha value is 0.911. The van der Waals surface area contributed by atoms with Crippen LogP contribution >= 0.6 is 0 Å². The Balaban J connectivity index is -0.000000107. The number of unbranched alkanes of at least 4 members (excludes halogenated alkanes) is 2. The number of rotatable bonds is 5. The molecule has 0 rings (SSSR count). The summed E-state index contributed by atoms with van der Waals surface area (Å²) in [5.74, 6) is -0.757. The predicted octanol–water partition coefficient (Wildman–Crippen LogP) is 0.468. The summed E-state index contributed by atoms with van der Waals surface area (Å²) in [6, 6.07) is 0. The third-order valence-electron chi connectivity index (χ3n) is 1.05. The Kier molecular flexibility index (Phi) is 13.4. The Morgan fingerprint density at radius 2 is 1.90 bits per heavy atom. The van der Waals surface area contributed by atoms with Crippen LogP contribution in [0.15, 0.2) is 0 Å². The first-order valence-electron chi connectivity index (χ1n) is 3.10. The van der Waals surface area contributed by atoms with Crippen LogP contribution in [0.1, 0.15) is 28.5 Å². The standard InChI is InChI=1S/C6H12O3.Sr.2H/c7-5-3-1-2-4-6(8)9;;;/h7H,1-5H2,(H,8,9);;;/q;+2;2*-1. The first-order valence-corrected chi connectivity index (χ1v) is 3.10. The summed E-state index contributed by atoms with van der Waals surface area (Å²) in [7, 11) is 0. The minimum atomic E-state index is -0.757. The molecular weight excluding hydrogens is 208 g/mol. The Morgan fingerprint density at radius 1 is 1.30 bits per heavy atom. The van der Waals surface area contributed by atoms with Gasteiger partial charge in [-0.2, -0.15) is 0 Å². The molecule has 0 spiro atoms. The number of carboxylic acids is 1. The van der Waals surface area contributed by atoms with E-state index in [-0.39, 0.29) is 61.4 Å². The minimum absolute atomic E-state index is 0. The summed E-state index contributed by atoms with van der Waals surface area (Å²) in [5.41, 5.74) is 0. The summed E-state index contributed by atoms with van der Waals surface area (Å²) in [6.45, 7) is 0.166. The minimum Gasteiger partial charge on any atom is -1.00 e. The normalized spacial score (nSPS) is 8.50. The molecule has 10 heavy (non-hydrogen) atoms. The zero-order valence-corrected chi connectivity index (χ0v) is 9.52. The van der Waals surface area contributed by atoms with Gasteiger partial charge in [0.25, 0.3) is 0 Å². The van der Waals surface area contributed by atoms with Gasteiger partial charge in [0.15, 0.2) is 0 Å². The number of aliphatic hydroxyl groups is 1. The molecule has 0 aromatic carbocycles. The van der Waals surface area contributed by atoms with Gasteiger partial charge >= 0.3 is 51.5 Å². The third kappa shape index (κ3) is 11.7. The van der Waals surface area contributed by atoms with E-state index >= 15 is 0 Å². The van der Waals surface area contributed by atoms with Crippen LogP contribution < -0.4 is 0 Å². The monoisotopic (exact) mass is 222 g/mol. The zero-order chi connectivity index (χ0) is 7.11. The van der Waals surface area contributed by atoms with Crippen LogP contribution in [-0.4, -0.2) is 68.3 Å². The molecule has 0 aliphatic heterocycles. The van der Waals surface area contributed by atoms with E-state index in [9.17, 15) is 4.79 Å². The quantitative estimate of drug-likeness (QED) is 0.524. The van der Waals surface area contributed by atoms with Crippen LogP contribution in [0.2, 0.25) is 0 Å². The number of carboxylic acid groups (broad SMARTS) is 1. The summed E-state index contributed by atoms with van der Waals surface area (Å²) in [5, 5.41) is 16.4. The van der Waals surface area contributed by atoms with Crippen molar-refractivity contribution in [1.82, 2.24) is 0 Å². The first kappa shape index (κ1) is 13.5. The number of carbonyl (C=O) groups is 1. The zero-order valence-electron chi connectivity index (χ0n) is 8.05. The van der Waals surface area contributed by atoms with E-state index in [1.54, 1.807) is 0 Å². The van der Waals surface area contributed by atoms with Gasteiger partial charge < -0.3 is 13.1 Å². The van der Waals surface area contributed by atoms with E-state index < -0.39 is 5.97 Å². The van der Waals surface area contributed by atoms with E-state index in [2.05, 4.69) is 0 Å². The van der Waals surface area contributed by atoms with Crippen LogP contribution in [0.25, 0.3) is 0 Å². The maximum absolute atomic E-state index is 9.90. The molecule has 4 heteroatoms. The van der Waals surface area contributed by atoms with E-state index in [0.717, 1.165) is 6.42 Å². The maximum Gasteiger partial charge on any atom is 2.00 e. The van der Waals surface area contributed by atoms with Gasteiger partial charge in [-0.1, -0.05) is 6.42 Å². The average molecular weight is 222 g/mol. The average Bonchev–Trinajstić information content (AvgIpc) is 1.80. The fourth-order valence-corrected chi connectivity index (χ4v) is 0.565. The maximum atomic E-state index is 9.90. The Bertz CT molecular complexity index is 92.9. The molecule has 0 aromatic rings. The van der Waals surface area contributed by atoms with E-state index in [1.807, 2.05) is 0 Å². The largest absolute Gasteiger partial charge is 2.00 e. The molecular formula is C6H14O3Sr. The third-order valence-corrected chi connectivity index (χ3v) is 1.05. The molecule has 0 heterocycles. The van der Waals surface area contributed by atoms with Crippen molar-refractivity contribution >= 4 is 51.5 Å². The van der Waals surface area contributed by atoms with Crippen molar-refractivity contribution in [3.63, 3.8) is 0 Å². The van der Waals surface area contributed by atoms with E-state index in [4.69, 9.17) is 10.2 Å². The molecule has 0 saturated heterocycles. The molecule has 0 aliphatic carbocycles. The molecule has 58 valence electrons. The van der Waals surface area contributed by atoms with Gasteiger partial charge in [-0.25, -0.2) is 0 Å². The fourth-order valence-electron chi connectivity index (χ4n) is 0.565.